The van der Waals surface area contributed by atoms with E-state index in [9.17, 15) is 14.7 Å². The fourth-order valence-electron chi connectivity index (χ4n) is 2.43. The summed E-state index contributed by atoms with van der Waals surface area (Å²) in [6.45, 7) is 2.00. The number of amides is 2. The van der Waals surface area contributed by atoms with Crippen molar-refractivity contribution in [2.24, 2.45) is 5.92 Å². The number of carbonyl (C=O) groups is 2. The van der Waals surface area contributed by atoms with Gasteiger partial charge in [-0.1, -0.05) is 19.3 Å². The van der Waals surface area contributed by atoms with Crippen LogP contribution in [0.3, 0.4) is 0 Å². The van der Waals surface area contributed by atoms with Crippen molar-refractivity contribution in [3.05, 3.63) is 0 Å². The van der Waals surface area contributed by atoms with E-state index in [1.54, 1.807) is 11.8 Å². The quantitative estimate of drug-likeness (QED) is 0.758. The van der Waals surface area contributed by atoms with Crippen LogP contribution < -0.4 is 5.32 Å². The molecule has 2 amide bonds. The van der Waals surface area contributed by atoms with Gasteiger partial charge in [-0.05, 0) is 25.2 Å². The second-order valence-corrected chi connectivity index (χ2v) is 6.43. The first-order valence-electron chi connectivity index (χ1n) is 6.97. The molecule has 1 saturated heterocycles. The standard InChI is InChI=1S/C14H20N2O3S/c1-3-5-10(4-2)15-14(19)16-11(13(17)18)8-20-12(16)9-6-7-9/h2,9-12H,3,5-8H2,1H3,(H,15,19)(H,17,18). The molecule has 0 bridgehead atoms. The SMILES string of the molecule is C#CC(CCC)NC(=O)N1C(C(=O)O)CSC1C1CC1. The highest BCUT2D eigenvalue weighted by molar-refractivity contribution is 8.00. The van der Waals surface area contributed by atoms with Gasteiger partial charge >= 0.3 is 12.0 Å². The topological polar surface area (TPSA) is 69.6 Å². The maximum absolute atomic E-state index is 12.4. The predicted molar refractivity (Wildman–Crippen MR) is 78.3 cm³/mol. The van der Waals surface area contributed by atoms with Gasteiger partial charge in [0.05, 0.1) is 11.4 Å². The van der Waals surface area contributed by atoms with Crippen LogP contribution in [0.2, 0.25) is 0 Å². The van der Waals surface area contributed by atoms with Gasteiger partial charge in [-0.15, -0.1) is 18.2 Å². The summed E-state index contributed by atoms with van der Waals surface area (Å²) in [6, 6.07) is -1.41. The number of hydrogen-bond donors (Lipinski definition) is 2. The van der Waals surface area contributed by atoms with Gasteiger partial charge in [0.1, 0.15) is 6.04 Å². The maximum atomic E-state index is 12.4. The first kappa shape index (κ1) is 15.0. The zero-order valence-electron chi connectivity index (χ0n) is 11.5. The minimum Gasteiger partial charge on any atom is -0.480 e. The van der Waals surface area contributed by atoms with Crippen LogP contribution in [0.4, 0.5) is 4.79 Å². The summed E-state index contributed by atoms with van der Waals surface area (Å²) >= 11 is 1.57. The highest BCUT2D eigenvalue weighted by atomic mass is 32.2. The number of terminal acetylenes is 1. The van der Waals surface area contributed by atoms with E-state index in [1.165, 1.54) is 4.90 Å². The van der Waals surface area contributed by atoms with E-state index < -0.39 is 12.0 Å². The number of aliphatic carboxylic acids is 1. The summed E-state index contributed by atoms with van der Waals surface area (Å²) in [5.41, 5.74) is 0. The molecule has 110 valence electrons. The molecule has 1 heterocycles. The monoisotopic (exact) mass is 296 g/mol. The number of urea groups is 1. The van der Waals surface area contributed by atoms with E-state index in [4.69, 9.17) is 6.42 Å². The van der Waals surface area contributed by atoms with Crippen molar-refractivity contribution < 1.29 is 14.7 Å². The summed E-state index contributed by atoms with van der Waals surface area (Å²) in [7, 11) is 0. The van der Waals surface area contributed by atoms with E-state index in [0.29, 0.717) is 18.1 Å². The molecule has 0 aromatic heterocycles. The number of nitrogens with zero attached hydrogens (tertiary/aromatic N) is 1. The van der Waals surface area contributed by atoms with Crippen LogP contribution in [0.25, 0.3) is 0 Å². The summed E-state index contributed by atoms with van der Waals surface area (Å²) < 4.78 is 0. The molecule has 0 aromatic rings. The van der Waals surface area contributed by atoms with Gasteiger partial charge in [0.2, 0.25) is 0 Å². The van der Waals surface area contributed by atoms with Crippen LogP contribution in [0.15, 0.2) is 0 Å². The fourth-order valence-corrected chi connectivity index (χ4v) is 4.06. The molecule has 2 aliphatic rings. The second-order valence-electron chi connectivity index (χ2n) is 5.28. The van der Waals surface area contributed by atoms with Gasteiger partial charge in [-0.3, -0.25) is 4.90 Å². The Hall–Kier alpha value is -1.35. The largest absolute Gasteiger partial charge is 0.480 e. The van der Waals surface area contributed by atoms with Gasteiger partial charge in [-0.25, -0.2) is 9.59 Å². The molecular weight excluding hydrogens is 276 g/mol. The van der Waals surface area contributed by atoms with E-state index >= 15 is 0 Å². The lowest BCUT2D eigenvalue weighted by Crippen LogP contribution is -2.52. The van der Waals surface area contributed by atoms with Crippen LogP contribution >= 0.6 is 11.8 Å². The molecule has 2 rings (SSSR count). The van der Waals surface area contributed by atoms with Gasteiger partial charge in [0.25, 0.3) is 0 Å². The first-order chi connectivity index (χ1) is 9.58. The predicted octanol–water partition coefficient (Wildman–Crippen LogP) is 1.74. The van der Waals surface area contributed by atoms with Gasteiger partial charge < -0.3 is 10.4 Å². The van der Waals surface area contributed by atoms with Crippen molar-refractivity contribution in [1.29, 1.82) is 0 Å². The number of hydrogen-bond acceptors (Lipinski definition) is 3. The zero-order chi connectivity index (χ0) is 14.7. The van der Waals surface area contributed by atoms with Crippen molar-refractivity contribution in [3.63, 3.8) is 0 Å². The summed E-state index contributed by atoms with van der Waals surface area (Å²) in [6.07, 6.45) is 9.12. The highest BCUT2D eigenvalue weighted by Crippen LogP contribution is 2.45. The number of carbonyl (C=O) groups excluding carboxylic acids is 1. The summed E-state index contributed by atoms with van der Waals surface area (Å²) in [4.78, 5) is 25.2. The molecular formula is C14H20N2O3S. The number of thioether (sulfide) groups is 1. The van der Waals surface area contributed by atoms with E-state index in [-0.39, 0.29) is 17.4 Å². The lowest BCUT2D eigenvalue weighted by atomic mass is 10.2. The average Bonchev–Trinajstić information content (AvgIpc) is 3.16. The Morgan fingerprint density at radius 2 is 2.25 bits per heavy atom. The Bertz CT molecular complexity index is 431. The third-order valence-corrected chi connectivity index (χ3v) is 5.12. The van der Waals surface area contributed by atoms with Crippen LogP contribution in [-0.2, 0) is 4.79 Å². The van der Waals surface area contributed by atoms with Crippen molar-refractivity contribution in [1.82, 2.24) is 10.2 Å². The molecule has 1 saturated carbocycles. The van der Waals surface area contributed by atoms with Crippen LogP contribution in [0, 0.1) is 18.3 Å². The summed E-state index contributed by atoms with van der Waals surface area (Å²) in [5, 5.41) is 12.0. The van der Waals surface area contributed by atoms with Crippen molar-refractivity contribution in [2.75, 3.05) is 5.75 Å². The molecule has 3 atom stereocenters. The number of carboxylic acid groups (broad SMARTS) is 1. The molecule has 0 aromatic carbocycles. The molecule has 20 heavy (non-hydrogen) atoms. The van der Waals surface area contributed by atoms with Gasteiger partial charge in [0, 0.05) is 5.75 Å². The molecule has 1 aliphatic heterocycles. The fraction of sp³-hybridized carbons (Fsp3) is 0.714. The van der Waals surface area contributed by atoms with Gasteiger partial charge in [-0.2, -0.15) is 0 Å². The Labute approximate surface area is 123 Å². The normalized spacial score (nSPS) is 26.9. The van der Waals surface area contributed by atoms with E-state index in [2.05, 4.69) is 11.2 Å². The minimum atomic E-state index is -0.941. The Balaban J connectivity index is 2.06. The third kappa shape index (κ3) is 3.21. The average molecular weight is 296 g/mol. The molecule has 2 N–H and O–H groups in total. The Morgan fingerprint density at radius 1 is 1.55 bits per heavy atom. The maximum Gasteiger partial charge on any atom is 0.327 e. The Kier molecular flexibility index (Phi) is 4.81. The second kappa shape index (κ2) is 6.40. The lowest BCUT2D eigenvalue weighted by Gasteiger charge is -2.28. The lowest BCUT2D eigenvalue weighted by molar-refractivity contribution is -0.141. The van der Waals surface area contributed by atoms with Crippen molar-refractivity contribution >= 4 is 23.8 Å². The Morgan fingerprint density at radius 3 is 2.75 bits per heavy atom. The first-order valence-corrected chi connectivity index (χ1v) is 8.02. The molecule has 0 spiro atoms. The van der Waals surface area contributed by atoms with Crippen molar-refractivity contribution in [2.45, 2.75) is 50.1 Å². The van der Waals surface area contributed by atoms with Crippen LogP contribution in [0.5, 0.6) is 0 Å². The molecule has 0 radical (unpaired) electrons. The van der Waals surface area contributed by atoms with Crippen molar-refractivity contribution in [3.8, 4) is 12.3 Å². The zero-order valence-corrected chi connectivity index (χ0v) is 12.4. The van der Waals surface area contributed by atoms with Gasteiger partial charge in [0.15, 0.2) is 0 Å². The number of rotatable bonds is 5. The van der Waals surface area contributed by atoms with Crippen LogP contribution in [-0.4, -0.2) is 45.2 Å². The summed E-state index contributed by atoms with van der Waals surface area (Å²) in [5.74, 6) is 2.50. The van der Waals surface area contributed by atoms with Crippen LogP contribution in [0.1, 0.15) is 32.6 Å². The number of nitrogens with one attached hydrogen (secondary N) is 1. The van der Waals surface area contributed by atoms with E-state index in [1.807, 2.05) is 6.92 Å². The molecule has 6 heteroatoms. The smallest absolute Gasteiger partial charge is 0.327 e. The third-order valence-electron chi connectivity index (χ3n) is 3.66. The number of carboxylic acids is 1. The highest BCUT2D eigenvalue weighted by Gasteiger charge is 2.48. The van der Waals surface area contributed by atoms with E-state index in [0.717, 1.165) is 19.3 Å². The molecule has 3 unspecified atom stereocenters. The minimum absolute atomic E-state index is 0.0175. The molecule has 2 fully saturated rings. The molecule has 1 aliphatic carbocycles. The molecule has 5 nitrogen and oxygen atoms in total.